The third-order valence-corrected chi connectivity index (χ3v) is 6.58. The van der Waals surface area contributed by atoms with E-state index >= 15 is 0 Å². The molecule has 29 heavy (non-hydrogen) atoms. The van der Waals surface area contributed by atoms with Gasteiger partial charge < -0.3 is 10.2 Å². The summed E-state index contributed by atoms with van der Waals surface area (Å²) in [5.41, 5.74) is 2.79. The molecular formula is C24H36N4O. The molecule has 3 rings (SSSR count). The normalized spacial score (nSPS) is 23.0. The number of carbonyl (C=O) groups is 1. The lowest BCUT2D eigenvalue weighted by Crippen LogP contribution is -2.47. The third-order valence-electron chi connectivity index (χ3n) is 6.58. The summed E-state index contributed by atoms with van der Waals surface area (Å²) in [4.78, 5) is 16.7. The first-order chi connectivity index (χ1) is 14.0. The molecule has 1 aromatic rings. The Morgan fingerprint density at radius 2 is 1.90 bits per heavy atom. The molecule has 1 saturated heterocycles. The summed E-state index contributed by atoms with van der Waals surface area (Å²) in [6.45, 7) is 10.2. The zero-order chi connectivity index (χ0) is 20.6. The molecule has 1 aromatic carbocycles. The van der Waals surface area contributed by atoms with E-state index in [2.05, 4.69) is 53.2 Å². The van der Waals surface area contributed by atoms with Crippen LogP contribution in [0.4, 0.5) is 5.69 Å². The van der Waals surface area contributed by atoms with E-state index in [-0.39, 0.29) is 18.4 Å². The van der Waals surface area contributed by atoms with Crippen LogP contribution in [0.15, 0.2) is 24.3 Å². The SMILES string of the molecule is CC(C)c1cccc(N2CCN(CC[C@H]3CC[C@H](NC(=O)CC#N)CC3)CC2)c1. The van der Waals surface area contributed by atoms with Crippen LogP contribution in [0.25, 0.3) is 0 Å². The van der Waals surface area contributed by atoms with Crippen molar-refractivity contribution >= 4 is 11.6 Å². The lowest BCUT2D eigenvalue weighted by Gasteiger charge is -2.37. The second kappa shape index (κ2) is 10.6. The van der Waals surface area contributed by atoms with Crippen molar-refractivity contribution in [1.82, 2.24) is 10.2 Å². The van der Waals surface area contributed by atoms with Crippen molar-refractivity contribution in [2.75, 3.05) is 37.6 Å². The highest BCUT2D eigenvalue weighted by atomic mass is 16.1. The van der Waals surface area contributed by atoms with Crippen molar-refractivity contribution in [2.45, 2.75) is 64.3 Å². The van der Waals surface area contributed by atoms with Gasteiger partial charge in [0.2, 0.25) is 5.91 Å². The summed E-state index contributed by atoms with van der Waals surface area (Å²) in [5, 5.41) is 11.6. The quantitative estimate of drug-likeness (QED) is 0.759. The molecule has 0 bridgehead atoms. The highest BCUT2D eigenvalue weighted by Gasteiger charge is 2.24. The maximum atomic E-state index is 11.6. The molecule has 1 N–H and O–H groups in total. The third kappa shape index (κ3) is 6.47. The molecule has 1 saturated carbocycles. The van der Waals surface area contributed by atoms with Crippen LogP contribution < -0.4 is 10.2 Å². The highest BCUT2D eigenvalue weighted by molar-refractivity contribution is 5.78. The molecule has 1 heterocycles. The number of rotatable bonds is 7. The number of hydrogen-bond acceptors (Lipinski definition) is 4. The van der Waals surface area contributed by atoms with Gasteiger partial charge in [0, 0.05) is 37.9 Å². The van der Waals surface area contributed by atoms with Crippen LogP contribution in [0, 0.1) is 17.2 Å². The van der Waals surface area contributed by atoms with Gasteiger partial charge in [0.05, 0.1) is 6.07 Å². The van der Waals surface area contributed by atoms with Crippen molar-refractivity contribution < 1.29 is 4.79 Å². The zero-order valence-corrected chi connectivity index (χ0v) is 18.1. The molecule has 0 spiro atoms. The number of hydrogen-bond donors (Lipinski definition) is 1. The lowest BCUT2D eigenvalue weighted by molar-refractivity contribution is -0.121. The van der Waals surface area contributed by atoms with Gasteiger partial charge in [-0.3, -0.25) is 9.69 Å². The van der Waals surface area contributed by atoms with Gasteiger partial charge in [-0.1, -0.05) is 26.0 Å². The van der Waals surface area contributed by atoms with Crippen LogP contribution in [0.1, 0.15) is 63.9 Å². The minimum atomic E-state index is -0.118. The summed E-state index contributed by atoms with van der Waals surface area (Å²) in [7, 11) is 0. The Morgan fingerprint density at radius 1 is 1.17 bits per heavy atom. The fraction of sp³-hybridized carbons (Fsp3) is 0.667. The molecule has 0 unspecified atom stereocenters. The lowest BCUT2D eigenvalue weighted by atomic mass is 9.84. The van der Waals surface area contributed by atoms with Crippen molar-refractivity contribution in [3.05, 3.63) is 29.8 Å². The second-order valence-corrected chi connectivity index (χ2v) is 8.99. The number of benzene rings is 1. The Bertz CT molecular complexity index is 695. The monoisotopic (exact) mass is 396 g/mol. The maximum absolute atomic E-state index is 11.6. The molecule has 0 aromatic heterocycles. The summed E-state index contributed by atoms with van der Waals surface area (Å²) in [6.07, 6.45) is 5.75. The van der Waals surface area contributed by atoms with Crippen LogP contribution in [0.5, 0.6) is 0 Å². The number of piperazine rings is 1. The number of anilines is 1. The van der Waals surface area contributed by atoms with Crippen molar-refractivity contribution in [3.63, 3.8) is 0 Å². The molecule has 2 aliphatic rings. The topological polar surface area (TPSA) is 59.4 Å². The molecular weight excluding hydrogens is 360 g/mol. The first kappa shape index (κ1) is 21.6. The van der Waals surface area contributed by atoms with E-state index in [1.807, 2.05) is 6.07 Å². The van der Waals surface area contributed by atoms with E-state index in [0.717, 1.165) is 44.9 Å². The summed E-state index contributed by atoms with van der Waals surface area (Å²) in [6, 6.07) is 11.2. The smallest absolute Gasteiger partial charge is 0.234 e. The first-order valence-corrected chi connectivity index (χ1v) is 11.3. The van der Waals surface area contributed by atoms with Crippen LogP contribution >= 0.6 is 0 Å². The van der Waals surface area contributed by atoms with Crippen molar-refractivity contribution in [1.29, 1.82) is 5.26 Å². The first-order valence-electron chi connectivity index (χ1n) is 11.3. The molecule has 1 amide bonds. The van der Waals surface area contributed by atoms with E-state index in [1.54, 1.807) is 0 Å². The zero-order valence-electron chi connectivity index (χ0n) is 18.1. The number of nitriles is 1. The molecule has 5 heteroatoms. The fourth-order valence-corrected chi connectivity index (χ4v) is 4.62. The fourth-order valence-electron chi connectivity index (χ4n) is 4.62. The Balaban J connectivity index is 1.35. The minimum Gasteiger partial charge on any atom is -0.369 e. The predicted molar refractivity (Wildman–Crippen MR) is 118 cm³/mol. The van der Waals surface area contributed by atoms with E-state index < -0.39 is 0 Å². The van der Waals surface area contributed by atoms with Gasteiger partial charge in [0.1, 0.15) is 6.42 Å². The highest BCUT2D eigenvalue weighted by Crippen LogP contribution is 2.28. The van der Waals surface area contributed by atoms with Crippen LogP contribution in [0.2, 0.25) is 0 Å². The van der Waals surface area contributed by atoms with E-state index in [4.69, 9.17) is 5.26 Å². The molecule has 2 fully saturated rings. The summed E-state index contributed by atoms with van der Waals surface area (Å²) in [5.74, 6) is 1.23. The van der Waals surface area contributed by atoms with Crippen LogP contribution in [0.3, 0.4) is 0 Å². The number of amides is 1. The molecule has 5 nitrogen and oxygen atoms in total. The van der Waals surface area contributed by atoms with Gasteiger partial charge in [-0.2, -0.15) is 5.26 Å². The van der Waals surface area contributed by atoms with Crippen LogP contribution in [-0.2, 0) is 4.79 Å². The number of nitrogens with one attached hydrogen (secondary N) is 1. The average Bonchev–Trinajstić information content (AvgIpc) is 2.74. The average molecular weight is 397 g/mol. The molecule has 158 valence electrons. The van der Waals surface area contributed by atoms with Gasteiger partial charge in [-0.25, -0.2) is 0 Å². The van der Waals surface area contributed by atoms with Gasteiger partial charge in [-0.05, 0) is 68.2 Å². The second-order valence-electron chi connectivity index (χ2n) is 8.99. The van der Waals surface area contributed by atoms with Gasteiger partial charge in [0.15, 0.2) is 0 Å². The van der Waals surface area contributed by atoms with E-state index in [9.17, 15) is 4.79 Å². The Labute approximate surface area is 176 Å². The molecule has 0 radical (unpaired) electrons. The molecule has 1 aliphatic heterocycles. The number of carbonyl (C=O) groups excluding carboxylic acids is 1. The summed E-state index contributed by atoms with van der Waals surface area (Å²) < 4.78 is 0. The van der Waals surface area contributed by atoms with Crippen LogP contribution in [-0.4, -0.2) is 49.6 Å². The largest absolute Gasteiger partial charge is 0.369 e. The van der Waals surface area contributed by atoms with Gasteiger partial charge >= 0.3 is 0 Å². The number of nitrogens with zero attached hydrogens (tertiary/aromatic N) is 3. The van der Waals surface area contributed by atoms with E-state index in [1.165, 1.54) is 37.1 Å². The maximum Gasteiger partial charge on any atom is 0.234 e. The summed E-state index contributed by atoms with van der Waals surface area (Å²) >= 11 is 0. The molecule has 0 atom stereocenters. The van der Waals surface area contributed by atoms with Gasteiger partial charge in [-0.15, -0.1) is 0 Å². The predicted octanol–water partition coefficient (Wildman–Crippen LogP) is 3.91. The molecule has 1 aliphatic carbocycles. The van der Waals surface area contributed by atoms with E-state index in [0.29, 0.717) is 5.92 Å². The minimum absolute atomic E-state index is 0.0202. The van der Waals surface area contributed by atoms with Crippen molar-refractivity contribution in [3.8, 4) is 6.07 Å². The Morgan fingerprint density at radius 3 is 2.55 bits per heavy atom. The van der Waals surface area contributed by atoms with Gasteiger partial charge in [0.25, 0.3) is 0 Å². The Kier molecular flexibility index (Phi) is 7.94. The van der Waals surface area contributed by atoms with Crippen molar-refractivity contribution in [2.24, 2.45) is 5.92 Å². The Hall–Kier alpha value is -2.06. The standard InChI is InChI=1S/C24H36N4O/c1-19(2)21-4-3-5-23(18-21)28-16-14-27(15-17-28)13-11-20-6-8-22(9-7-20)26-24(29)10-12-25/h3-5,18-20,22H,6-11,13-17H2,1-2H3,(H,26,29)/t20-,22-.